The summed E-state index contributed by atoms with van der Waals surface area (Å²) >= 11 is 0.890. The Balaban J connectivity index is 1.95. The Bertz CT molecular complexity index is 891. The number of carbonyl (C=O) groups is 2. The number of nitrogens with zero attached hydrogens (tertiary/aromatic N) is 1. The summed E-state index contributed by atoms with van der Waals surface area (Å²) in [7, 11) is 1.50. The van der Waals surface area contributed by atoms with Crippen molar-refractivity contribution in [1.82, 2.24) is 0 Å². The van der Waals surface area contributed by atoms with E-state index in [-0.39, 0.29) is 11.1 Å². The molecule has 0 N–H and O–H groups in total. The summed E-state index contributed by atoms with van der Waals surface area (Å²) in [6.45, 7) is 3.98. The third kappa shape index (κ3) is 3.50. The van der Waals surface area contributed by atoms with Crippen LogP contribution in [0.5, 0.6) is 11.5 Å². The molecule has 26 heavy (non-hydrogen) atoms. The lowest BCUT2D eigenvalue weighted by molar-refractivity contribution is -0.113. The molecular weight excluding hydrogens is 350 g/mol. The Morgan fingerprint density at radius 3 is 2.50 bits per heavy atom. The molecule has 0 aliphatic carbocycles. The van der Waals surface area contributed by atoms with Crippen molar-refractivity contribution in [2.75, 3.05) is 18.6 Å². The van der Waals surface area contributed by atoms with Gasteiger partial charge >= 0.3 is 0 Å². The molecule has 0 unspecified atom stereocenters. The molecule has 1 aliphatic rings. The van der Waals surface area contributed by atoms with E-state index >= 15 is 0 Å². The van der Waals surface area contributed by atoms with Crippen molar-refractivity contribution in [3.05, 3.63) is 71.7 Å². The number of imide groups is 1. The summed E-state index contributed by atoms with van der Waals surface area (Å²) in [5.41, 5.74) is 1.15. The van der Waals surface area contributed by atoms with Crippen LogP contribution in [0.15, 0.2) is 66.1 Å². The molecule has 0 saturated carbocycles. The quantitative estimate of drug-likeness (QED) is 0.556. The molecule has 2 aromatic rings. The van der Waals surface area contributed by atoms with Gasteiger partial charge < -0.3 is 9.47 Å². The Kier molecular flexibility index (Phi) is 5.43. The fourth-order valence-corrected chi connectivity index (χ4v) is 3.34. The van der Waals surface area contributed by atoms with E-state index in [1.807, 2.05) is 18.2 Å². The van der Waals surface area contributed by atoms with Crippen LogP contribution in [-0.4, -0.2) is 24.9 Å². The molecule has 5 nitrogen and oxygen atoms in total. The second kappa shape index (κ2) is 7.93. The average Bonchev–Trinajstić information content (AvgIpc) is 2.94. The van der Waals surface area contributed by atoms with E-state index in [1.54, 1.807) is 42.5 Å². The molecule has 132 valence electrons. The number of para-hydroxylation sites is 3. The average molecular weight is 367 g/mol. The highest BCUT2D eigenvalue weighted by atomic mass is 32.2. The van der Waals surface area contributed by atoms with Gasteiger partial charge in [-0.15, -0.1) is 0 Å². The van der Waals surface area contributed by atoms with Crippen LogP contribution in [0.4, 0.5) is 10.5 Å². The minimum Gasteiger partial charge on any atom is -0.495 e. The van der Waals surface area contributed by atoms with Crippen molar-refractivity contribution in [3.63, 3.8) is 0 Å². The Morgan fingerprint density at radius 1 is 1.08 bits per heavy atom. The zero-order chi connectivity index (χ0) is 18.5. The maximum Gasteiger partial charge on any atom is 0.298 e. The summed E-state index contributed by atoms with van der Waals surface area (Å²) in [4.78, 5) is 26.7. The predicted octanol–water partition coefficient (Wildman–Crippen LogP) is 4.50. The molecule has 0 aromatic heterocycles. The van der Waals surface area contributed by atoms with Crippen LogP contribution in [0, 0.1) is 0 Å². The number of hydrogen-bond acceptors (Lipinski definition) is 5. The summed E-state index contributed by atoms with van der Waals surface area (Å²) in [5.74, 6) is 0.699. The van der Waals surface area contributed by atoms with Gasteiger partial charge in [0, 0.05) is 5.56 Å². The SMILES string of the molecule is C=CCOc1ccccc1/C=C1\SC(=O)N(c2ccccc2OC)C1=O. The summed E-state index contributed by atoms with van der Waals surface area (Å²) in [5, 5.41) is -0.366. The number of benzene rings is 2. The summed E-state index contributed by atoms with van der Waals surface area (Å²) in [6.07, 6.45) is 3.31. The standard InChI is InChI=1S/C20H17NO4S/c1-3-12-25-16-10-6-4-8-14(16)13-18-19(22)21(20(23)26-18)15-9-5-7-11-17(15)24-2/h3-11,13H,1,12H2,2H3/b18-13-. The highest BCUT2D eigenvalue weighted by molar-refractivity contribution is 8.19. The summed E-state index contributed by atoms with van der Waals surface area (Å²) in [6, 6.07) is 14.2. The van der Waals surface area contributed by atoms with Crippen LogP contribution < -0.4 is 14.4 Å². The number of amides is 2. The van der Waals surface area contributed by atoms with E-state index in [9.17, 15) is 9.59 Å². The maximum absolute atomic E-state index is 12.8. The number of methoxy groups -OCH3 is 1. The molecule has 1 saturated heterocycles. The van der Waals surface area contributed by atoms with Crippen molar-refractivity contribution in [2.24, 2.45) is 0 Å². The van der Waals surface area contributed by atoms with Gasteiger partial charge in [0.1, 0.15) is 18.1 Å². The lowest BCUT2D eigenvalue weighted by Gasteiger charge is -2.15. The molecular formula is C20H17NO4S. The molecule has 0 bridgehead atoms. The molecule has 1 aliphatic heterocycles. The molecule has 0 spiro atoms. The highest BCUT2D eigenvalue weighted by Gasteiger charge is 2.37. The van der Waals surface area contributed by atoms with Crippen LogP contribution in [-0.2, 0) is 4.79 Å². The van der Waals surface area contributed by atoms with Gasteiger partial charge in [-0.25, -0.2) is 4.90 Å². The smallest absolute Gasteiger partial charge is 0.298 e. The first-order valence-corrected chi connectivity index (χ1v) is 8.71. The van der Waals surface area contributed by atoms with Crippen molar-refractivity contribution >= 4 is 34.7 Å². The van der Waals surface area contributed by atoms with E-state index in [0.717, 1.165) is 22.2 Å². The molecule has 0 atom stereocenters. The Labute approximate surface area is 155 Å². The third-order valence-electron chi connectivity index (χ3n) is 3.68. The van der Waals surface area contributed by atoms with Gasteiger partial charge in [-0.05, 0) is 36.0 Å². The monoisotopic (exact) mass is 367 g/mol. The molecule has 6 heteroatoms. The minimum atomic E-state index is -0.386. The number of thioether (sulfide) groups is 1. The van der Waals surface area contributed by atoms with Gasteiger partial charge in [-0.2, -0.15) is 0 Å². The van der Waals surface area contributed by atoms with Gasteiger partial charge in [0.25, 0.3) is 11.1 Å². The zero-order valence-electron chi connectivity index (χ0n) is 14.2. The molecule has 1 heterocycles. The molecule has 1 fully saturated rings. The fraction of sp³-hybridized carbons (Fsp3) is 0.100. The van der Waals surface area contributed by atoms with Gasteiger partial charge in [-0.3, -0.25) is 9.59 Å². The molecule has 3 rings (SSSR count). The van der Waals surface area contributed by atoms with Crippen molar-refractivity contribution in [3.8, 4) is 11.5 Å². The normalized spacial score (nSPS) is 15.4. The fourth-order valence-electron chi connectivity index (χ4n) is 2.51. The van der Waals surface area contributed by atoms with Crippen LogP contribution in [0.3, 0.4) is 0 Å². The minimum absolute atomic E-state index is 0.329. The topological polar surface area (TPSA) is 55.8 Å². The zero-order valence-corrected chi connectivity index (χ0v) is 15.0. The van der Waals surface area contributed by atoms with Crippen LogP contribution >= 0.6 is 11.8 Å². The van der Waals surface area contributed by atoms with Crippen molar-refractivity contribution < 1.29 is 19.1 Å². The van der Waals surface area contributed by atoms with Crippen LogP contribution in [0.25, 0.3) is 6.08 Å². The summed E-state index contributed by atoms with van der Waals surface area (Å²) < 4.78 is 10.9. The van der Waals surface area contributed by atoms with Gasteiger partial charge in [0.2, 0.25) is 0 Å². The van der Waals surface area contributed by atoms with Gasteiger partial charge in [0.05, 0.1) is 17.7 Å². The number of hydrogen-bond donors (Lipinski definition) is 0. The molecule has 2 aromatic carbocycles. The molecule has 0 radical (unpaired) electrons. The third-order valence-corrected chi connectivity index (χ3v) is 4.55. The number of ether oxygens (including phenoxy) is 2. The number of anilines is 1. The lowest BCUT2D eigenvalue weighted by atomic mass is 10.2. The first-order valence-electron chi connectivity index (χ1n) is 7.89. The van der Waals surface area contributed by atoms with E-state index in [4.69, 9.17) is 9.47 Å². The first kappa shape index (κ1) is 17.8. The van der Waals surface area contributed by atoms with Crippen molar-refractivity contribution in [2.45, 2.75) is 0 Å². The van der Waals surface area contributed by atoms with Crippen LogP contribution in [0.2, 0.25) is 0 Å². The van der Waals surface area contributed by atoms with Crippen molar-refractivity contribution in [1.29, 1.82) is 0 Å². The largest absolute Gasteiger partial charge is 0.495 e. The van der Waals surface area contributed by atoms with E-state index in [0.29, 0.717) is 28.7 Å². The Morgan fingerprint density at radius 2 is 1.77 bits per heavy atom. The highest BCUT2D eigenvalue weighted by Crippen LogP contribution is 2.40. The van der Waals surface area contributed by atoms with Gasteiger partial charge in [0.15, 0.2) is 0 Å². The lowest BCUT2D eigenvalue weighted by Crippen LogP contribution is -2.28. The van der Waals surface area contributed by atoms with Gasteiger partial charge in [-0.1, -0.05) is 43.0 Å². The van der Waals surface area contributed by atoms with E-state index < -0.39 is 0 Å². The number of carbonyl (C=O) groups excluding carboxylic acids is 2. The second-order valence-electron chi connectivity index (χ2n) is 5.33. The van der Waals surface area contributed by atoms with Crippen LogP contribution in [0.1, 0.15) is 5.56 Å². The molecule has 2 amide bonds. The maximum atomic E-state index is 12.8. The second-order valence-corrected chi connectivity index (χ2v) is 6.32. The Hall–Kier alpha value is -2.99. The van der Waals surface area contributed by atoms with E-state index in [1.165, 1.54) is 7.11 Å². The first-order chi connectivity index (χ1) is 12.7. The predicted molar refractivity (Wildman–Crippen MR) is 104 cm³/mol. The van der Waals surface area contributed by atoms with E-state index in [2.05, 4.69) is 6.58 Å². The number of rotatable bonds is 6.